The highest BCUT2D eigenvalue weighted by molar-refractivity contribution is 5.95. The van der Waals surface area contributed by atoms with Gasteiger partial charge >= 0.3 is 5.97 Å². The topological polar surface area (TPSA) is 86.1 Å². The number of carbonyl (C=O) groups excluding carboxylic acids is 2. The fourth-order valence-electron chi connectivity index (χ4n) is 4.30. The van der Waals surface area contributed by atoms with Gasteiger partial charge < -0.3 is 10.1 Å². The molecular weight excluding hydrogens is 387 g/mol. The lowest BCUT2D eigenvalue weighted by Crippen LogP contribution is -2.36. The molecule has 1 N–H and O–H groups in total. The number of nitrogens with one attached hydrogen (secondary N) is 1. The van der Waals surface area contributed by atoms with Gasteiger partial charge in [-0.25, -0.2) is 13.9 Å². The Hall–Kier alpha value is -3.55. The van der Waals surface area contributed by atoms with Crippen molar-refractivity contribution < 1.29 is 18.7 Å². The highest BCUT2D eigenvalue weighted by Gasteiger charge is 2.48. The minimum atomic E-state index is -0.665. The minimum absolute atomic E-state index is 0.107. The Morgan fingerprint density at radius 2 is 1.93 bits per heavy atom. The van der Waals surface area contributed by atoms with Gasteiger partial charge in [-0.05, 0) is 56.0 Å². The summed E-state index contributed by atoms with van der Waals surface area (Å²) >= 11 is 0. The molecule has 1 amide bonds. The van der Waals surface area contributed by atoms with Crippen LogP contribution in [0.1, 0.15) is 41.6 Å². The Morgan fingerprint density at radius 1 is 1.17 bits per heavy atom. The fourth-order valence-corrected chi connectivity index (χ4v) is 4.30. The van der Waals surface area contributed by atoms with E-state index in [9.17, 15) is 14.0 Å². The number of pyridine rings is 1. The largest absolute Gasteiger partial charge is 0.450 e. The summed E-state index contributed by atoms with van der Waals surface area (Å²) in [6, 6.07) is 9.33. The Bertz CT molecular complexity index is 1120. The van der Waals surface area contributed by atoms with Crippen LogP contribution >= 0.6 is 0 Å². The number of benzene rings is 1. The van der Waals surface area contributed by atoms with Crippen molar-refractivity contribution in [1.29, 1.82) is 0 Å². The molecule has 0 bridgehead atoms. The van der Waals surface area contributed by atoms with E-state index >= 15 is 0 Å². The van der Waals surface area contributed by atoms with Crippen molar-refractivity contribution in [2.24, 2.45) is 5.92 Å². The van der Waals surface area contributed by atoms with Crippen LogP contribution in [0.3, 0.4) is 0 Å². The van der Waals surface area contributed by atoms with Crippen LogP contribution < -0.4 is 5.32 Å². The fraction of sp³-hybridized carbons (Fsp3) is 0.273. The quantitative estimate of drug-likeness (QED) is 0.672. The molecule has 8 heteroatoms. The molecule has 1 saturated carbocycles. The molecule has 2 aliphatic rings. The van der Waals surface area contributed by atoms with E-state index in [1.807, 2.05) is 0 Å². The second-order valence-corrected chi connectivity index (χ2v) is 7.69. The average molecular weight is 406 g/mol. The molecule has 3 heterocycles. The van der Waals surface area contributed by atoms with Gasteiger partial charge in [0.05, 0.1) is 11.3 Å². The number of hydrogen-bond donors (Lipinski definition) is 1. The van der Waals surface area contributed by atoms with Crippen LogP contribution in [0.5, 0.6) is 0 Å². The second-order valence-electron chi connectivity index (χ2n) is 7.69. The third-order valence-corrected chi connectivity index (χ3v) is 5.92. The van der Waals surface area contributed by atoms with Gasteiger partial charge in [-0.15, -0.1) is 0 Å². The Balaban J connectivity index is 1.24. The van der Waals surface area contributed by atoms with Gasteiger partial charge in [0.2, 0.25) is 5.91 Å². The van der Waals surface area contributed by atoms with Gasteiger partial charge in [0.15, 0.2) is 5.82 Å². The van der Waals surface area contributed by atoms with Crippen molar-refractivity contribution >= 4 is 17.7 Å². The smallest absolute Gasteiger partial charge is 0.339 e. The normalized spacial score (nSPS) is 22.6. The molecule has 0 radical (unpaired) electrons. The molecule has 5 rings (SSSR count). The number of rotatable bonds is 3. The summed E-state index contributed by atoms with van der Waals surface area (Å²) in [5.41, 5.74) is 1.43. The predicted molar refractivity (Wildman–Crippen MR) is 105 cm³/mol. The summed E-state index contributed by atoms with van der Waals surface area (Å²) in [5.74, 6) is -0.495. The number of nitrogens with zero attached hydrogens (tertiary/aromatic N) is 3. The molecule has 1 spiro atoms. The second kappa shape index (κ2) is 7.05. The van der Waals surface area contributed by atoms with E-state index in [4.69, 9.17) is 4.74 Å². The van der Waals surface area contributed by atoms with Crippen LogP contribution in [-0.4, -0.2) is 26.6 Å². The zero-order valence-electron chi connectivity index (χ0n) is 16.0. The first-order valence-corrected chi connectivity index (χ1v) is 9.84. The van der Waals surface area contributed by atoms with E-state index < -0.39 is 5.60 Å². The SMILES string of the molecule is O=C1OC2(CCC(C(=O)Nc3ccn(-c4ccc(F)cc4)n3)CC2)c2cnccc21. The molecule has 0 atom stereocenters. The van der Waals surface area contributed by atoms with E-state index in [0.717, 1.165) is 5.56 Å². The zero-order valence-corrected chi connectivity index (χ0v) is 16.0. The van der Waals surface area contributed by atoms with E-state index in [2.05, 4.69) is 15.4 Å². The summed E-state index contributed by atoms with van der Waals surface area (Å²) in [7, 11) is 0. The Labute approximate surface area is 171 Å². The third kappa shape index (κ3) is 3.14. The van der Waals surface area contributed by atoms with Crippen molar-refractivity contribution in [2.45, 2.75) is 31.3 Å². The maximum atomic E-state index is 13.1. The number of hydrogen-bond acceptors (Lipinski definition) is 5. The minimum Gasteiger partial charge on any atom is -0.450 e. The number of carbonyl (C=O) groups is 2. The van der Waals surface area contributed by atoms with E-state index in [-0.39, 0.29) is 23.6 Å². The zero-order chi connectivity index (χ0) is 20.7. The van der Waals surface area contributed by atoms with Crippen molar-refractivity contribution in [3.8, 4) is 5.69 Å². The van der Waals surface area contributed by atoms with Crippen LogP contribution in [0.2, 0.25) is 0 Å². The highest BCUT2D eigenvalue weighted by atomic mass is 19.1. The number of esters is 1. The van der Waals surface area contributed by atoms with Gasteiger partial charge in [-0.3, -0.25) is 9.78 Å². The monoisotopic (exact) mass is 406 g/mol. The summed E-state index contributed by atoms with van der Waals surface area (Å²) < 4.78 is 20.4. The maximum Gasteiger partial charge on any atom is 0.339 e. The number of aromatic nitrogens is 3. The van der Waals surface area contributed by atoms with Crippen LogP contribution in [0.15, 0.2) is 55.0 Å². The lowest BCUT2D eigenvalue weighted by Gasteiger charge is -2.35. The maximum absolute atomic E-state index is 13.1. The third-order valence-electron chi connectivity index (χ3n) is 5.92. The van der Waals surface area contributed by atoms with Crippen LogP contribution in [-0.2, 0) is 15.1 Å². The molecule has 1 aliphatic heterocycles. The van der Waals surface area contributed by atoms with Crippen molar-refractivity contribution in [2.75, 3.05) is 5.32 Å². The average Bonchev–Trinajstić information content (AvgIpc) is 3.33. The summed E-state index contributed by atoms with van der Waals surface area (Å²) in [4.78, 5) is 29.1. The molecule has 152 valence electrons. The number of halogens is 1. The van der Waals surface area contributed by atoms with E-state index in [1.165, 1.54) is 12.1 Å². The summed E-state index contributed by atoms with van der Waals surface area (Å²) in [5, 5.41) is 7.20. The molecular formula is C22H19FN4O3. The first-order valence-electron chi connectivity index (χ1n) is 9.84. The van der Waals surface area contributed by atoms with Crippen molar-refractivity contribution in [3.05, 3.63) is 71.9 Å². The van der Waals surface area contributed by atoms with E-state index in [0.29, 0.717) is 42.8 Å². The number of ether oxygens (including phenoxy) is 1. The van der Waals surface area contributed by atoms with Gasteiger partial charge in [0.25, 0.3) is 0 Å². The first-order chi connectivity index (χ1) is 14.5. The molecule has 1 fully saturated rings. The Morgan fingerprint density at radius 3 is 2.70 bits per heavy atom. The lowest BCUT2D eigenvalue weighted by molar-refractivity contribution is -0.122. The first kappa shape index (κ1) is 18.5. The molecule has 0 saturated heterocycles. The number of fused-ring (bicyclic) bond motifs is 2. The van der Waals surface area contributed by atoms with Crippen LogP contribution in [0.25, 0.3) is 5.69 Å². The predicted octanol–water partition coefficient (Wildman–Crippen LogP) is 3.60. The lowest BCUT2D eigenvalue weighted by atomic mass is 9.75. The van der Waals surface area contributed by atoms with Gasteiger partial charge in [0, 0.05) is 36.1 Å². The summed E-state index contributed by atoms with van der Waals surface area (Å²) in [6.45, 7) is 0. The van der Waals surface area contributed by atoms with Gasteiger partial charge in [-0.1, -0.05) is 0 Å². The highest BCUT2D eigenvalue weighted by Crippen LogP contribution is 2.47. The molecule has 3 aromatic rings. The van der Waals surface area contributed by atoms with E-state index in [1.54, 1.807) is 47.5 Å². The molecule has 0 unspecified atom stereocenters. The van der Waals surface area contributed by atoms with Crippen LogP contribution in [0, 0.1) is 11.7 Å². The standard InChI is InChI=1S/C22H19FN4O3/c23-15-1-3-16(4-2-15)27-12-8-19(26-27)25-20(28)14-5-9-22(10-6-14)18-13-24-11-7-17(18)21(29)30-22/h1-4,7-8,11-14H,5-6,9-10H2,(H,25,26,28). The molecule has 30 heavy (non-hydrogen) atoms. The molecule has 1 aromatic carbocycles. The molecule has 2 aromatic heterocycles. The number of anilines is 1. The Kier molecular flexibility index (Phi) is 4.34. The van der Waals surface area contributed by atoms with Crippen LogP contribution in [0.4, 0.5) is 10.2 Å². The summed E-state index contributed by atoms with van der Waals surface area (Å²) in [6.07, 6.45) is 7.37. The van der Waals surface area contributed by atoms with Crippen molar-refractivity contribution in [1.82, 2.24) is 14.8 Å². The number of amides is 1. The van der Waals surface area contributed by atoms with Gasteiger partial charge in [0.1, 0.15) is 11.4 Å². The van der Waals surface area contributed by atoms with Crippen molar-refractivity contribution in [3.63, 3.8) is 0 Å². The molecule has 7 nitrogen and oxygen atoms in total. The molecule has 1 aliphatic carbocycles. The van der Waals surface area contributed by atoms with Gasteiger partial charge in [-0.2, -0.15) is 5.10 Å².